The van der Waals surface area contributed by atoms with Gasteiger partial charge in [-0.05, 0) is 30.2 Å². The van der Waals surface area contributed by atoms with Crippen LogP contribution in [0.1, 0.15) is 16.7 Å². The lowest BCUT2D eigenvalue weighted by atomic mass is 10.1. The predicted molar refractivity (Wildman–Crippen MR) is 131 cm³/mol. The zero-order valence-electron chi connectivity index (χ0n) is 19.0. The molecule has 0 saturated heterocycles. The predicted octanol–water partition coefficient (Wildman–Crippen LogP) is 4.55. The third-order valence-electron chi connectivity index (χ3n) is 5.46. The van der Waals surface area contributed by atoms with Gasteiger partial charge in [0.2, 0.25) is 10.0 Å². The van der Waals surface area contributed by atoms with Gasteiger partial charge in [-0.2, -0.15) is 5.26 Å². The molecule has 0 bridgehead atoms. The van der Waals surface area contributed by atoms with Crippen molar-refractivity contribution < 1.29 is 30.4 Å². The Morgan fingerprint density at radius 1 is 0.972 bits per heavy atom. The SMILES string of the molecule is CS(=O)(=O)CCc1c(Oc2ccc(F)c(C#N)c2)c(F)cc2c1ccn2S(=O)(=O)Cc1ccccc1. The molecule has 36 heavy (non-hydrogen) atoms. The molecular weight excluding hydrogens is 510 g/mol. The molecular formula is C25H20F2N2O5S2. The van der Waals surface area contributed by atoms with Gasteiger partial charge in [0, 0.05) is 35.5 Å². The van der Waals surface area contributed by atoms with Gasteiger partial charge in [0.25, 0.3) is 0 Å². The standard InChI is InChI=1S/C25H20F2N2O5S2/c1-35(30,31)12-10-21-20-9-11-29(36(32,33)16-17-5-3-2-4-6-17)24(20)14-23(27)25(21)34-19-7-8-22(26)18(13-19)15-28/h2-9,11,13-14H,10,12,16H2,1H3. The lowest BCUT2D eigenvalue weighted by Gasteiger charge is -2.15. The van der Waals surface area contributed by atoms with Gasteiger partial charge in [0.05, 0.1) is 22.6 Å². The van der Waals surface area contributed by atoms with Crippen molar-refractivity contribution in [2.75, 3.05) is 12.0 Å². The number of rotatable bonds is 8. The number of aryl methyl sites for hydroxylation is 1. The first-order valence-corrected chi connectivity index (χ1v) is 14.3. The van der Waals surface area contributed by atoms with Crippen LogP contribution in [0.5, 0.6) is 11.5 Å². The number of ether oxygens (including phenoxy) is 1. The number of fused-ring (bicyclic) bond motifs is 1. The third kappa shape index (κ3) is 5.40. The molecule has 0 spiro atoms. The van der Waals surface area contributed by atoms with E-state index in [1.807, 2.05) is 0 Å². The van der Waals surface area contributed by atoms with E-state index >= 15 is 4.39 Å². The van der Waals surface area contributed by atoms with Gasteiger partial charge in [-0.25, -0.2) is 29.6 Å². The van der Waals surface area contributed by atoms with Crippen LogP contribution < -0.4 is 4.74 Å². The quantitative estimate of drug-likeness (QED) is 0.331. The highest BCUT2D eigenvalue weighted by atomic mass is 32.2. The fourth-order valence-corrected chi connectivity index (χ4v) is 5.81. The van der Waals surface area contributed by atoms with E-state index in [4.69, 9.17) is 10.00 Å². The van der Waals surface area contributed by atoms with Crippen molar-refractivity contribution in [1.29, 1.82) is 5.26 Å². The molecule has 3 aromatic carbocycles. The average molecular weight is 531 g/mol. The van der Waals surface area contributed by atoms with E-state index in [0.29, 0.717) is 5.56 Å². The van der Waals surface area contributed by atoms with Gasteiger partial charge in [-0.3, -0.25) is 0 Å². The van der Waals surface area contributed by atoms with Crippen molar-refractivity contribution in [2.24, 2.45) is 0 Å². The Labute approximate surface area is 207 Å². The van der Waals surface area contributed by atoms with E-state index in [9.17, 15) is 21.2 Å². The second-order valence-electron chi connectivity index (χ2n) is 8.19. The van der Waals surface area contributed by atoms with Gasteiger partial charge >= 0.3 is 0 Å². The van der Waals surface area contributed by atoms with Crippen molar-refractivity contribution in [2.45, 2.75) is 12.2 Å². The molecule has 0 aliphatic rings. The molecule has 186 valence electrons. The van der Waals surface area contributed by atoms with E-state index in [0.717, 1.165) is 28.4 Å². The zero-order chi connectivity index (χ0) is 26.1. The van der Waals surface area contributed by atoms with Crippen LogP contribution in [-0.2, 0) is 32.0 Å². The van der Waals surface area contributed by atoms with Crippen LogP contribution in [0.2, 0.25) is 0 Å². The number of nitrogens with zero attached hydrogens (tertiary/aromatic N) is 2. The number of sulfone groups is 1. The monoisotopic (exact) mass is 530 g/mol. The Morgan fingerprint density at radius 2 is 1.69 bits per heavy atom. The van der Waals surface area contributed by atoms with E-state index in [1.165, 1.54) is 18.3 Å². The summed E-state index contributed by atoms with van der Waals surface area (Å²) in [5, 5.41) is 9.36. The third-order valence-corrected chi connectivity index (χ3v) is 8.02. The van der Waals surface area contributed by atoms with Crippen molar-refractivity contribution in [3.63, 3.8) is 0 Å². The normalized spacial score (nSPS) is 11.9. The summed E-state index contributed by atoms with van der Waals surface area (Å²) >= 11 is 0. The van der Waals surface area contributed by atoms with Crippen LogP contribution in [0.25, 0.3) is 10.9 Å². The Bertz CT molecular complexity index is 1710. The highest BCUT2D eigenvalue weighted by Gasteiger charge is 2.24. The molecule has 4 aromatic rings. The topological polar surface area (TPSA) is 106 Å². The Morgan fingerprint density at radius 3 is 2.36 bits per heavy atom. The van der Waals surface area contributed by atoms with Crippen LogP contribution in [0, 0.1) is 23.0 Å². The highest BCUT2D eigenvalue weighted by molar-refractivity contribution is 7.90. The fourth-order valence-electron chi connectivity index (χ4n) is 3.79. The summed E-state index contributed by atoms with van der Waals surface area (Å²) in [5.74, 6) is -2.77. The summed E-state index contributed by atoms with van der Waals surface area (Å²) in [4.78, 5) is 0. The first-order chi connectivity index (χ1) is 17.0. The fraction of sp³-hybridized carbons (Fsp3) is 0.160. The van der Waals surface area contributed by atoms with Crippen molar-refractivity contribution >= 4 is 30.8 Å². The minimum absolute atomic E-state index is 0.0242. The van der Waals surface area contributed by atoms with E-state index in [1.54, 1.807) is 36.4 Å². The summed E-state index contributed by atoms with van der Waals surface area (Å²) in [6.07, 6.45) is 2.14. The smallest absolute Gasteiger partial charge is 0.243 e. The second-order valence-corrected chi connectivity index (χ2v) is 12.3. The maximum atomic E-state index is 15.4. The number of benzene rings is 3. The first-order valence-electron chi connectivity index (χ1n) is 10.6. The molecule has 0 N–H and O–H groups in total. The van der Waals surface area contributed by atoms with Gasteiger partial charge in [0.15, 0.2) is 11.6 Å². The van der Waals surface area contributed by atoms with Gasteiger partial charge in [0.1, 0.15) is 27.5 Å². The molecule has 0 aliphatic carbocycles. The lowest BCUT2D eigenvalue weighted by molar-refractivity contribution is 0.437. The molecule has 0 amide bonds. The number of hydrogen-bond donors (Lipinski definition) is 0. The van der Waals surface area contributed by atoms with Crippen molar-refractivity contribution in [1.82, 2.24) is 3.97 Å². The van der Waals surface area contributed by atoms with Crippen LogP contribution in [0.15, 0.2) is 66.9 Å². The van der Waals surface area contributed by atoms with Crippen molar-refractivity contribution in [3.05, 3.63) is 95.2 Å². The van der Waals surface area contributed by atoms with E-state index < -0.39 is 31.5 Å². The molecule has 1 aromatic heterocycles. The maximum Gasteiger partial charge on any atom is 0.243 e. The van der Waals surface area contributed by atoms with Gasteiger partial charge in [-0.15, -0.1) is 0 Å². The summed E-state index contributed by atoms with van der Waals surface area (Å²) in [6.45, 7) is 0. The van der Waals surface area contributed by atoms with Crippen LogP contribution in [0.3, 0.4) is 0 Å². The van der Waals surface area contributed by atoms with Gasteiger partial charge in [-0.1, -0.05) is 30.3 Å². The first kappa shape index (κ1) is 25.3. The molecule has 0 saturated carbocycles. The largest absolute Gasteiger partial charge is 0.454 e. The molecule has 0 radical (unpaired) electrons. The summed E-state index contributed by atoms with van der Waals surface area (Å²) in [7, 11) is -7.41. The Hall–Kier alpha value is -3.75. The van der Waals surface area contributed by atoms with Crippen LogP contribution in [-0.4, -0.2) is 32.8 Å². The number of aromatic nitrogens is 1. The Balaban J connectivity index is 1.85. The zero-order valence-corrected chi connectivity index (χ0v) is 20.6. The molecule has 11 heteroatoms. The molecule has 1 heterocycles. The summed E-state index contributed by atoms with van der Waals surface area (Å²) in [5.41, 5.74) is 0.384. The van der Waals surface area contributed by atoms with Gasteiger partial charge < -0.3 is 4.74 Å². The average Bonchev–Trinajstić information content (AvgIpc) is 3.24. The van der Waals surface area contributed by atoms with Crippen molar-refractivity contribution in [3.8, 4) is 17.6 Å². The number of halogens is 2. The molecule has 7 nitrogen and oxygen atoms in total. The number of hydrogen-bond acceptors (Lipinski definition) is 6. The lowest BCUT2D eigenvalue weighted by Crippen LogP contribution is -2.14. The molecule has 4 rings (SSSR count). The summed E-state index contributed by atoms with van der Waals surface area (Å²) < 4.78 is 85.8. The molecule has 0 atom stereocenters. The molecule has 0 fully saturated rings. The van der Waals surface area contributed by atoms with E-state index in [2.05, 4.69) is 0 Å². The molecule has 0 aliphatic heterocycles. The second kappa shape index (κ2) is 9.72. The minimum Gasteiger partial charge on any atom is -0.454 e. The van der Waals surface area contributed by atoms with Crippen LogP contribution in [0.4, 0.5) is 8.78 Å². The molecule has 0 unspecified atom stereocenters. The van der Waals surface area contributed by atoms with E-state index in [-0.39, 0.29) is 51.5 Å². The maximum absolute atomic E-state index is 15.4. The number of nitriles is 1. The minimum atomic E-state index is -3.95. The summed E-state index contributed by atoms with van der Waals surface area (Å²) in [6, 6.07) is 15.9. The van der Waals surface area contributed by atoms with Crippen LogP contribution >= 0.6 is 0 Å². The highest BCUT2D eigenvalue weighted by Crippen LogP contribution is 2.37. The Kier molecular flexibility index (Phi) is 6.84.